The molecule has 0 saturated heterocycles. The number of aryl methyl sites for hydroxylation is 1. The molecule has 0 unspecified atom stereocenters. The summed E-state index contributed by atoms with van der Waals surface area (Å²) in [6.45, 7) is 4.67. The van der Waals surface area contributed by atoms with Gasteiger partial charge in [0.2, 0.25) is 23.6 Å². The lowest BCUT2D eigenvalue weighted by Gasteiger charge is -2.33. The quantitative estimate of drug-likeness (QED) is 0.0492. The van der Waals surface area contributed by atoms with Crippen molar-refractivity contribution in [2.45, 2.75) is 89.5 Å². The molecule has 5 aromatic rings. The SMILES string of the molecule is CCCCc1ccc(-c2ccc(C(=O)N[C@@H](CCCCN)C(=O)N(C)[C@@H]3C(=O)N[C@@H](C)C(=O)N[C@H](C(=O)NCc4nn[nH]n4)Cc4ccc(OCCN)c(c4)-c4cc3ccc4OCCN)cc2)cc1. The van der Waals surface area contributed by atoms with Crippen LogP contribution < -0.4 is 47.9 Å². The molecule has 1 aromatic heterocycles. The van der Waals surface area contributed by atoms with Crippen LogP contribution in [0, 0.1) is 0 Å². The molecule has 19 heteroatoms. The van der Waals surface area contributed by atoms with Crippen LogP contribution in [0.15, 0.2) is 84.9 Å². The average Bonchev–Trinajstić information content (AvgIpc) is 3.89. The number of hydrogen-bond donors (Lipinski definition) is 8. The summed E-state index contributed by atoms with van der Waals surface area (Å²) in [5.41, 5.74) is 23.2. The van der Waals surface area contributed by atoms with Crippen LogP contribution in [0.1, 0.15) is 84.9 Å². The Morgan fingerprint density at radius 3 is 2.12 bits per heavy atom. The first-order chi connectivity index (χ1) is 33.4. The van der Waals surface area contributed by atoms with Crippen molar-refractivity contribution < 1.29 is 33.4 Å². The number of H-pyrrole nitrogens is 1. The number of carbonyl (C=O) groups excluding carboxylic acids is 5. The van der Waals surface area contributed by atoms with Gasteiger partial charge in [-0.05, 0) is 110 Å². The molecule has 1 aliphatic heterocycles. The lowest BCUT2D eigenvalue weighted by atomic mass is 9.93. The number of nitrogens with two attached hydrogens (primary N) is 3. The molecule has 0 spiro atoms. The monoisotopic (exact) mass is 945 g/mol. The van der Waals surface area contributed by atoms with E-state index in [4.69, 9.17) is 26.7 Å². The fraction of sp³-hybridized carbons (Fsp3) is 0.400. The Hall–Kier alpha value is -7.22. The number of benzene rings is 4. The van der Waals surface area contributed by atoms with Crippen molar-refractivity contribution in [3.63, 3.8) is 0 Å². The van der Waals surface area contributed by atoms with E-state index in [1.807, 2.05) is 18.2 Å². The molecule has 2 heterocycles. The Bertz CT molecular complexity index is 2500. The number of amides is 5. The van der Waals surface area contributed by atoms with Crippen molar-refractivity contribution in [1.29, 1.82) is 0 Å². The molecule has 4 atom stereocenters. The third kappa shape index (κ3) is 13.7. The second-order valence-corrected chi connectivity index (χ2v) is 16.9. The molecular formula is C50H64N12O7. The summed E-state index contributed by atoms with van der Waals surface area (Å²) >= 11 is 0. The standard InChI is InChI=1S/C50H64N12O7/c1-4-5-8-32-10-13-34(14-11-32)35-15-17-36(18-16-35)47(64)56-40(9-6-7-22-51)50(67)62(3)45-37-19-21-43(69-26-24-53)39(29-37)38-27-33(12-20-42(38)68-25-23-52)28-41(57-46(63)31(2)55-49(45)66)48(65)54-30-44-58-60-61-59-44/h10-21,27,29,31,40-41,45H,4-9,22-26,28,30,51-53H2,1-3H3,(H,54,65)(H,55,66)(H,56,64)(H,57,63)(H,58,59,60,61)/t31-,40-,41-,45-/m0/s1. The third-order valence-corrected chi connectivity index (χ3v) is 11.8. The molecule has 6 rings (SSSR count). The number of carbonyl (C=O) groups is 5. The van der Waals surface area contributed by atoms with E-state index in [1.54, 1.807) is 42.5 Å². The van der Waals surface area contributed by atoms with Gasteiger partial charge in [-0.15, -0.1) is 10.2 Å². The molecule has 0 saturated carbocycles. The maximum atomic E-state index is 14.9. The van der Waals surface area contributed by atoms with Crippen LogP contribution in [0.25, 0.3) is 22.3 Å². The number of ether oxygens (including phenoxy) is 2. The van der Waals surface area contributed by atoms with Crippen LogP contribution in [0.2, 0.25) is 0 Å². The van der Waals surface area contributed by atoms with Crippen molar-refractivity contribution in [3.8, 4) is 33.8 Å². The number of fused-ring (bicyclic) bond motifs is 5. The first-order valence-corrected chi connectivity index (χ1v) is 23.4. The Labute approximate surface area is 402 Å². The van der Waals surface area contributed by atoms with Gasteiger partial charge in [0, 0.05) is 43.2 Å². The molecule has 0 radical (unpaired) electrons. The van der Waals surface area contributed by atoms with Crippen molar-refractivity contribution in [3.05, 3.63) is 113 Å². The molecule has 69 heavy (non-hydrogen) atoms. The topological polar surface area (TPSA) is 288 Å². The number of aromatic amines is 1. The maximum Gasteiger partial charge on any atom is 0.251 e. The third-order valence-electron chi connectivity index (χ3n) is 11.8. The van der Waals surface area contributed by atoms with E-state index >= 15 is 0 Å². The number of hydrogen-bond acceptors (Lipinski definition) is 13. The van der Waals surface area contributed by atoms with Gasteiger partial charge in [-0.25, -0.2) is 0 Å². The fourth-order valence-electron chi connectivity index (χ4n) is 8.05. The molecule has 5 amide bonds. The van der Waals surface area contributed by atoms with Crippen LogP contribution >= 0.6 is 0 Å². The van der Waals surface area contributed by atoms with E-state index < -0.39 is 53.7 Å². The highest BCUT2D eigenvalue weighted by Crippen LogP contribution is 2.40. The summed E-state index contributed by atoms with van der Waals surface area (Å²) in [5, 5.41) is 24.9. The molecule has 0 fully saturated rings. The number of tetrazole rings is 1. The van der Waals surface area contributed by atoms with E-state index in [1.165, 1.54) is 24.4 Å². The van der Waals surface area contributed by atoms with E-state index in [0.29, 0.717) is 58.7 Å². The van der Waals surface area contributed by atoms with Crippen LogP contribution in [-0.4, -0.2) is 113 Å². The molecule has 4 bridgehead atoms. The van der Waals surface area contributed by atoms with E-state index in [9.17, 15) is 24.0 Å². The number of aromatic nitrogens is 4. The molecule has 1 aliphatic rings. The first-order valence-electron chi connectivity index (χ1n) is 23.4. The summed E-state index contributed by atoms with van der Waals surface area (Å²) in [6.07, 6.45) is 4.61. The number of nitrogens with one attached hydrogen (secondary N) is 5. The van der Waals surface area contributed by atoms with Crippen LogP contribution in [-0.2, 0) is 38.6 Å². The highest BCUT2D eigenvalue weighted by Gasteiger charge is 2.36. The van der Waals surface area contributed by atoms with Crippen LogP contribution in [0.3, 0.4) is 0 Å². The zero-order valence-electron chi connectivity index (χ0n) is 39.5. The van der Waals surface area contributed by atoms with Crippen LogP contribution in [0.4, 0.5) is 0 Å². The fourth-order valence-corrected chi connectivity index (χ4v) is 8.05. The van der Waals surface area contributed by atoms with Gasteiger partial charge in [-0.3, -0.25) is 24.0 Å². The Morgan fingerprint density at radius 2 is 1.48 bits per heavy atom. The summed E-state index contributed by atoms with van der Waals surface area (Å²) in [6, 6.07) is 21.2. The highest BCUT2D eigenvalue weighted by atomic mass is 16.5. The number of unbranched alkanes of at least 4 members (excludes halogenated alkanes) is 2. The minimum absolute atomic E-state index is 0.0294. The van der Waals surface area contributed by atoms with Gasteiger partial charge in [0.05, 0.1) is 6.54 Å². The molecule has 11 N–H and O–H groups in total. The zero-order valence-corrected chi connectivity index (χ0v) is 39.5. The maximum absolute atomic E-state index is 14.9. The van der Waals surface area contributed by atoms with E-state index in [2.05, 4.69) is 73.1 Å². The Balaban J connectivity index is 1.36. The summed E-state index contributed by atoms with van der Waals surface area (Å²) in [7, 11) is 1.48. The first kappa shape index (κ1) is 51.2. The van der Waals surface area contributed by atoms with Crippen molar-refractivity contribution in [2.24, 2.45) is 17.2 Å². The molecular weight excluding hydrogens is 881 g/mol. The largest absolute Gasteiger partial charge is 0.492 e. The van der Waals surface area contributed by atoms with Crippen LogP contribution in [0.5, 0.6) is 11.5 Å². The predicted molar refractivity (Wildman–Crippen MR) is 260 cm³/mol. The summed E-state index contributed by atoms with van der Waals surface area (Å²) in [5.74, 6) is -1.91. The van der Waals surface area contributed by atoms with Crippen molar-refractivity contribution >= 4 is 29.5 Å². The zero-order chi connectivity index (χ0) is 49.3. The van der Waals surface area contributed by atoms with Crippen molar-refractivity contribution in [2.75, 3.05) is 39.9 Å². The Kier molecular flexibility index (Phi) is 18.7. The van der Waals surface area contributed by atoms with Gasteiger partial charge in [0.25, 0.3) is 5.91 Å². The smallest absolute Gasteiger partial charge is 0.251 e. The summed E-state index contributed by atoms with van der Waals surface area (Å²) < 4.78 is 12.3. The highest BCUT2D eigenvalue weighted by molar-refractivity contribution is 5.99. The van der Waals surface area contributed by atoms with Gasteiger partial charge >= 0.3 is 0 Å². The number of nitrogens with zero attached hydrogens (tertiary/aromatic N) is 4. The van der Waals surface area contributed by atoms with E-state index in [0.717, 1.165) is 30.4 Å². The lowest BCUT2D eigenvalue weighted by Crippen LogP contribution is -2.55. The van der Waals surface area contributed by atoms with Gasteiger partial charge in [-0.1, -0.05) is 67.1 Å². The average molecular weight is 945 g/mol. The second-order valence-electron chi connectivity index (χ2n) is 16.9. The molecule has 4 aromatic carbocycles. The van der Waals surface area contributed by atoms with Gasteiger partial charge in [-0.2, -0.15) is 5.21 Å². The number of likely N-dealkylation sites (N-methyl/N-ethyl adjacent to an activating group) is 1. The van der Waals surface area contributed by atoms with Gasteiger partial charge in [0.1, 0.15) is 48.9 Å². The Morgan fingerprint density at radius 1 is 0.812 bits per heavy atom. The molecule has 0 aliphatic carbocycles. The normalized spacial score (nSPS) is 16.3. The summed E-state index contributed by atoms with van der Waals surface area (Å²) in [4.78, 5) is 72.5. The minimum atomic E-state index is -1.36. The lowest BCUT2D eigenvalue weighted by molar-refractivity contribution is -0.141. The van der Waals surface area contributed by atoms with Gasteiger partial charge < -0.3 is 52.8 Å². The number of rotatable bonds is 21. The predicted octanol–water partition coefficient (Wildman–Crippen LogP) is 2.84. The molecule has 19 nitrogen and oxygen atoms in total. The second kappa shape index (κ2) is 25.2. The van der Waals surface area contributed by atoms with E-state index in [-0.39, 0.29) is 51.5 Å². The minimum Gasteiger partial charge on any atom is -0.492 e. The van der Waals surface area contributed by atoms with Crippen molar-refractivity contribution in [1.82, 2.24) is 46.8 Å². The molecule has 366 valence electrons. The van der Waals surface area contributed by atoms with Gasteiger partial charge in [0.15, 0.2) is 5.82 Å².